The van der Waals surface area contributed by atoms with E-state index in [4.69, 9.17) is 0 Å². The van der Waals surface area contributed by atoms with E-state index in [9.17, 15) is 14.4 Å². The SMILES string of the molecule is O=C(CSc1nc2ccc(N3C(=O)c4c(Br)c(Br)c(Br)c(Br)c4C3=O)cc2s1)c1ccc(-c2ccccc2)cc1. The molecule has 0 bridgehead atoms. The topological polar surface area (TPSA) is 67.3 Å². The van der Waals surface area contributed by atoms with Crippen molar-refractivity contribution in [2.24, 2.45) is 0 Å². The lowest BCUT2D eigenvalue weighted by molar-refractivity contribution is 0.0924. The van der Waals surface area contributed by atoms with Crippen molar-refractivity contribution in [2.45, 2.75) is 4.34 Å². The van der Waals surface area contributed by atoms with Crippen molar-refractivity contribution < 1.29 is 14.4 Å². The van der Waals surface area contributed by atoms with E-state index in [-0.39, 0.29) is 11.5 Å². The Balaban J connectivity index is 1.20. The molecule has 1 aliphatic rings. The molecule has 0 aliphatic carbocycles. The number of rotatable bonds is 6. The summed E-state index contributed by atoms with van der Waals surface area (Å²) >= 11 is 16.6. The van der Waals surface area contributed by atoms with E-state index in [1.807, 2.05) is 54.6 Å². The van der Waals surface area contributed by atoms with Crippen LogP contribution in [0, 0.1) is 0 Å². The third-order valence-electron chi connectivity index (χ3n) is 6.35. The second-order valence-corrected chi connectivity index (χ2v) is 14.2. The molecular weight excluding hydrogens is 808 g/mol. The summed E-state index contributed by atoms with van der Waals surface area (Å²) in [6.45, 7) is 0. The summed E-state index contributed by atoms with van der Waals surface area (Å²) in [6.07, 6.45) is 0. The van der Waals surface area contributed by atoms with Gasteiger partial charge in [-0.25, -0.2) is 9.88 Å². The Kier molecular flexibility index (Phi) is 7.88. The second kappa shape index (κ2) is 11.3. The van der Waals surface area contributed by atoms with Gasteiger partial charge < -0.3 is 0 Å². The number of nitrogens with zero attached hydrogens (tertiary/aromatic N) is 2. The first kappa shape index (κ1) is 28.0. The van der Waals surface area contributed by atoms with E-state index >= 15 is 0 Å². The van der Waals surface area contributed by atoms with Gasteiger partial charge in [0.05, 0.1) is 32.8 Å². The van der Waals surface area contributed by atoms with Crippen LogP contribution >= 0.6 is 86.8 Å². The highest BCUT2D eigenvalue weighted by molar-refractivity contribution is 9.15. The van der Waals surface area contributed by atoms with E-state index in [0.717, 1.165) is 25.7 Å². The van der Waals surface area contributed by atoms with Crippen molar-refractivity contribution >= 4 is 120 Å². The molecule has 0 unspecified atom stereocenters. The van der Waals surface area contributed by atoms with Gasteiger partial charge in [0.15, 0.2) is 10.1 Å². The van der Waals surface area contributed by atoms with E-state index in [1.54, 1.807) is 18.2 Å². The minimum absolute atomic E-state index is 0.0176. The normalized spacial score (nSPS) is 12.8. The van der Waals surface area contributed by atoms with Crippen molar-refractivity contribution in [3.63, 3.8) is 0 Å². The number of thioether (sulfide) groups is 1. The highest BCUT2D eigenvalue weighted by atomic mass is 79.9. The third-order valence-corrected chi connectivity index (χ3v) is 13.3. The molecule has 0 N–H and O–H groups in total. The molecule has 40 heavy (non-hydrogen) atoms. The zero-order valence-corrected chi connectivity index (χ0v) is 28.1. The second-order valence-electron chi connectivity index (χ2n) is 8.74. The maximum absolute atomic E-state index is 13.4. The molecule has 5 aromatic rings. The van der Waals surface area contributed by atoms with Crippen LogP contribution < -0.4 is 4.90 Å². The molecular formula is C29H14Br4N2O3S2. The number of hydrogen-bond acceptors (Lipinski definition) is 6. The lowest BCUT2D eigenvalue weighted by Crippen LogP contribution is -2.29. The number of halogens is 4. The predicted octanol–water partition coefficient (Wildman–Crippen LogP) is 9.79. The van der Waals surface area contributed by atoms with Crippen LogP contribution in [0.5, 0.6) is 0 Å². The number of hydrogen-bond donors (Lipinski definition) is 0. The van der Waals surface area contributed by atoms with Gasteiger partial charge in [0.25, 0.3) is 11.8 Å². The van der Waals surface area contributed by atoms with Crippen LogP contribution in [0.1, 0.15) is 31.1 Å². The van der Waals surface area contributed by atoms with Crippen molar-refractivity contribution in [3.8, 4) is 11.1 Å². The van der Waals surface area contributed by atoms with Crippen molar-refractivity contribution in [2.75, 3.05) is 10.7 Å². The van der Waals surface area contributed by atoms with Gasteiger partial charge in [0.2, 0.25) is 0 Å². The number of thiazole rings is 1. The molecule has 0 atom stereocenters. The standard InChI is InChI=1S/C29H14Br4N2O3S2/c30-23-21-22(24(31)26(33)25(23)32)28(38)35(27(21)37)17-10-11-18-20(12-17)40-29(34-18)39-13-19(36)16-8-6-15(7-9-16)14-4-2-1-3-5-14/h1-12H,13H2. The number of fused-ring (bicyclic) bond motifs is 2. The van der Waals surface area contributed by atoms with Crippen LogP contribution in [-0.4, -0.2) is 28.3 Å². The van der Waals surface area contributed by atoms with Crippen molar-refractivity contribution in [1.29, 1.82) is 0 Å². The number of carbonyl (C=O) groups is 3. The number of imide groups is 1. The molecule has 11 heteroatoms. The van der Waals surface area contributed by atoms with Crippen molar-refractivity contribution in [1.82, 2.24) is 4.98 Å². The number of amides is 2. The average molecular weight is 822 g/mol. The van der Waals surface area contributed by atoms with E-state index in [0.29, 0.717) is 40.3 Å². The Bertz CT molecular complexity index is 1810. The summed E-state index contributed by atoms with van der Waals surface area (Å²) in [7, 11) is 0. The molecule has 4 aromatic carbocycles. The van der Waals surface area contributed by atoms with E-state index in [2.05, 4.69) is 68.7 Å². The molecule has 0 spiro atoms. The Hall–Kier alpha value is -2.15. The first-order valence-electron chi connectivity index (χ1n) is 11.7. The minimum atomic E-state index is -0.414. The molecule has 0 saturated carbocycles. The Morgan fingerprint density at radius 3 is 2.00 bits per heavy atom. The van der Waals surface area contributed by atoms with Gasteiger partial charge in [-0.15, -0.1) is 11.3 Å². The fourth-order valence-electron chi connectivity index (χ4n) is 4.37. The van der Waals surface area contributed by atoms with E-state index in [1.165, 1.54) is 28.0 Å². The zero-order chi connectivity index (χ0) is 28.1. The summed E-state index contributed by atoms with van der Waals surface area (Å²) in [5, 5.41) is 0. The van der Waals surface area contributed by atoms with E-state index < -0.39 is 11.8 Å². The maximum atomic E-state index is 13.4. The quantitative estimate of drug-likeness (QED) is 0.0562. The highest BCUT2D eigenvalue weighted by Gasteiger charge is 2.42. The van der Waals surface area contributed by atoms with Crippen molar-refractivity contribution in [3.05, 3.63) is 107 Å². The summed E-state index contributed by atoms with van der Waals surface area (Å²) < 4.78 is 3.86. The molecule has 0 radical (unpaired) electrons. The van der Waals surface area contributed by atoms with Crippen LogP contribution in [0.15, 0.2) is 95.0 Å². The molecule has 0 saturated heterocycles. The lowest BCUT2D eigenvalue weighted by atomic mass is 10.0. The first-order valence-corrected chi connectivity index (χ1v) is 16.7. The number of aromatic nitrogens is 1. The Morgan fingerprint density at radius 2 is 1.38 bits per heavy atom. The molecule has 5 nitrogen and oxygen atoms in total. The fraction of sp³-hybridized carbons (Fsp3) is 0.0345. The van der Waals surface area contributed by atoms with Crippen LogP contribution in [0.4, 0.5) is 5.69 Å². The molecule has 198 valence electrons. The van der Waals surface area contributed by atoms with Gasteiger partial charge in [-0.2, -0.15) is 0 Å². The Morgan fingerprint density at radius 1 is 0.775 bits per heavy atom. The first-order chi connectivity index (χ1) is 19.2. The number of Topliss-reactive ketones (excluding diaryl/α,β-unsaturated/α-hetero) is 1. The monoisotopic (exact) mass is 818 g/mol. The van der Waals surface area contributed by atoms with Crippen LogP contribution in [0.2, 0.25) is 0 Å². The molecule has 0 fully saturated rings. The zero-order valence-electron chi connectivity index (χ0n) is 20.1. The molecule has 6 rings (SSSR count). The molecule has 2 heterocycles. The summed E-state index contributed by atoms with van der Waals surface area (Å²) in [4.78, 5) is 45.4. The average Bonchev–Trinajstić information content (AvgIpc) is 3.50. The summed E-state index contributed by atoms with van der Waals surface area (Å²) in [6, 6.07) is 22.9. The van der Waals surface area contributed by atoms with Gasteiger partial charge >= 0.3 is 0 Å². The summed E-state index contributed by atoms with van der Waals surface area (Å²) in [5.41, 5.74) is 4.60. The Labute approximate surface area is 270 Å². The van der Waals surface area contributed by atoms with Gasteiger partial charge in [-0.3, -0.25) is 14.4 Å². The van der Waals surface area contributed by atoms with Crippen LogP contribution in [0.25, 0.3) is 21.3 Å². The smallest absolute Gasteiger partial charge is 0.267 e. The van der Waals surface area contributed by atoms with Gasteiger partial charge in [0.1, 0.15) is 0 Å². The van der Waals surface area contributed by atoms with Gasteiger partial charge in [-0.1, -0.05) is 66.4 Å². The van der Waals surface area contributed by atoms with Crippen LogP contribution in [-0.2, 0) is 0 Å². The third kappa shape index (κ3) is 4.94. The number of carbonyl (C=O) groups excluding carboxylic acids is 3. The molecule has 1 aliphatic heterocycles. The minimum Gasteiger partial charge on any atom is -0.293 e. The largest absolute Gasteiger partial charge is 0.293 e. The molecule has 1 aromatic heterocycles. The van der Waals surface area contributed by atoms with Gasteiger partial charge in [0, 0.05) is 23.5 Å². The van der Waals surface area contributed by atoms with Gasteiger partial charge in [-0.05, 0) is 93.0 Å². The number of ketones is 1. The maximum Gasteiger partial charge on any atom is 0.267 e. The number of benzene rings is 4. The highest BCUT2D eigenvalue weighted by Crippen LogP contribution is 2.46. The predicted molar refractivity (Wildman–Crippen MR) is 175 cm³/mol. The fourth-order valence-corrected chi connectivity index (χ4v) is 8.82. The van der Waals surface area contributed by atoms with Crippen LogP contribution in [0.3, 0.4) is 0 Å². The lowest BCUT2D eigenvalue weighted by Gasteiger charge is -2.13. The number of anilines is 1. The summed E-state index contributed by atoms with van der Waals surface area (Å²) in [5.74, 6) is -0.558. The molecule has 2 amide bonds.